The Morgan fingerprint density at radius 1 is 1.15 bits per heavy atom. The van der Waals surface area contributed by atoms with Crippen LogP contribution in [0.15, 0.2) is 54.6 Å². The van der Waals surface area contributed by atoms with Crippen LogP contribution in [-0.2, 0) is 22.4 Å². The van der Waals surface area contributed by atoms with Crippen LogP contribution in [0.25, 0.3) is 6.08 Å². The van der Waals surface area contributed by atoms with E-state index in [2.05, 4.69) is 30.3 Å². The van der Waals surface area contributed by atoms with Gasteiger partial charge in [-0.15, -0.1) is 0 Å². The lowest BCUT2D eigenvalue weighted by Crippen LogP contribution is -2.12. The Labute approximate surface area is 155 Å². The van der Waals surface area contributed by atoms with Crippen LogP contribution in [0.4, 0.5) is 0 Å². The van der Waals surface area contributed by atoms with Gasteiger partial charge in [0.1, 0.15) is 11.9 Å². The number of hydrogen-bond acceptors (Lipinski definition) is 3. The Kier molecular flexibility index (Phi) is 6.48. The van der Waals surface area contributed by atoms with Gasteiger partial charge < -0.3 is 9.47 Å². The smallest absolute Gasteiger partial charge is 0.330 e. The Hall–Kier alpha value is -2.55. The number of fused-ring (bicyclic) bond motifs is 1. The summed E-state index contributed by atoms with van der Waals surface area (Å²) in [5.41, 5.74) is 3.64. The van der Waals surface area contributed by atoms with E-state index in [1.807, 2.05) is 31.2 Å². The molecule has 0 bridgehead atoms. The largest absolute Gasteiger partial charge is 0.490 e. The maximum atomic E-state index is 11.5. The van der Waals surface area contributed by atoms with E-state index >= 15 is 0 Å². The first kappa shape index (κ1) is 18.2. The molecule has 3 heteroatoms. The van der Waals surface area contributed by atoms with Crippen molar-refractivity contribution in [3.63, 3.8) is 0 Å². The van der Waals surface area contributed by atoms with Crippen molar-refractivity contribution in [1.82, 2.24) is 0 Å². The van der Waals surface area contributed by atoms with Gasteiger partial charge in [0, 0.05) is 18.1 Å². The minimum atomic E-state index is -0.304. The summed E-state index contributed by atoms with van der Waals surface area (Å²) in [4.78, 5) is 11.5. The van der Waals surface area contributed by atoms with Crippen molar-refractivity contribution in [2.75, 3.05) is 6.61 Å². The summed E-state index contributed by atoms with van der Waals surface area (Å²) in [6.45, 7) is 2.20. The summed E-state index contributed by atoms with van der Waals surface area (Å²) in [6.07, 6.45) is 8.97. The van der Waals surface area contributed by atoms with Crippen LogP contribution in [0.5, 0.6) is 5.75 Å². The molecule has 1 heterocycles. The molecule has 2 aromatic rings. The van der Waals surface area contributed by atoms with E-state index in [4.69, 9.17) is 9.47 Å². The summed E-state index contributed by atoms with van der Waals surface area (Å²) in [6, 6.07) is 16.6. The lowest BCUT2D eigenvalue weighted by molar-refractivity contribution is -0.137. The third-order valence-corrected chi connectivity index (χ3v) is 4.66. The molecule has 0 amide bonds. The van der Waals surface area contributed by atoms with E-state index in [0.717, 1.165) is 37.0 Å². The number of carbonyl (C=O) groups is 1. The highest BCUT2D eigenvalue weighted by molar-refractivity contribution is 5.87. The van der Waals surface area contributed by atoms with Gasteiger partial charge in [0.2, 0.25) is 0 Å². The molecule has 0 radical (unpaired) electrons. The van der Waals surface area contributed by atoms with Gasteiger partial charge in [0.25, 0.3) is 0 Å². The molecule has 0 fully saturated rings. The molecule has 1 aliphatic heterocycles. The summed E-state index contributed by atoms with van der Waals surface area (Å²) in [7, 11) is 0. The van der Waals surface area contributed by atoms with Gasteiger partial charge in [-0.1, -0.05) is 42.5 Å². The van der Waals surface area contributed by atoms with Gasteiger partial charge in [0.15, 0.2) is 0 Å². The number of carbonyl (C=O) groups excluding carboxylic acids is 1. The van der Waals surface area contributed by atoms with Gasteiger partial charge in [-0.3, -0.25) is 0 Å². The number of esters is 1. The predicted octanol–water partition coefficient (Wildman–Crippen LogP) is 4.98. The minimum Gasteiger partial charge on any atom is -0.490 e. The molecular weight excluding hydrogens is 324 g/mol. The van der Waals surface area contributed by atoms with Crippen LogP contribution in [0, 0.1) is 0 Å². The summed E-state index contributed by atoms with van der Waals surface area (Å²) in [5.74, 6) is 0.644. The number of hydrogen-bond donors (Lipinski definition) is 0. The highest BCUT2D eigenvalue weighted by Crippen LogP contribution is 2.34. The van der Waals surface area contributed by atoms with Crippen LogP contribution in [0.3, 0.4) is 0 Å². The second-order valence-electron chi connectivity index (χ2n) is 6.58. The fourth-order valence-corrected chi connectivity index (χ4v) is 3.37. The molecule has 0 spiro atoms. The fraction of sp³-hybridized carbons (Fsp3) is 0.348. The van der Waals surface area contributed by atoms with E-state index in [9.17, 15) is 4.79 Å². The number of benzene rings is 2. The molecule has 3 nitrogen and oxygen atoms in total. The average Bonchev–Trinajstić information content (AvgIpc) is 3.08. The lowest BCUT2D eigenvalue weighted by Gasteiger charge is -2.10. The van der Waals surface area contributed by atoms with Gasteiger partial charge in [0.05, 0.1) is 6.61 Å². The van der Waals surface area contributed by atoms with Crippen LogP contribution >= 0.6 is 0 Å². The van der Waals surface area contributed by atoms with Crippen LogP contribution in [0.1, 0.15) is 42.9 Å². The summed E-state index contributed by atoms with van der Waals surface area (Å²) < 4.78 is 11.1. The van der Waals surface area contributed by atoms with E-state index in [0.29, 0.717) is 6.61 Å². The van der Waals surface area contributed by atoms with E-state index in [1.54, 1.807) is 0 Å². The Morgan fingerprint density at radius 2 is 2.00 bits per heavy atom. The van der Waals surface area contributed by atoms with Crippen molar-refractivity contribution >= 4 is 12.0 Å². The van der Waals surface area contributed by atoms with Gasteiger partial charge in [-0.2, -0.15) is 0 Å². The van der Waals surface area contributed by atoms with E-state index < -0.39 is 0 Å². The van der Waals surface area contributed by atoms with E-state index in [-0.39, 0.29) is 12.1 Å². The maximum Gasteiger partial charge on any atom is 0.330 e. The van der Waals surface area contributed by atoms with Crippen molar-refractivity contribution in [2.24, 2.45) is 0 Å². The first-order chi connectivity index (χ1) is 12.8. The van der Waals surface area contributed by atoms with Gasteiger partial charge in [-0.25, -0.2) is 4.79 Å². The summed E-state index contributed by atoms with van der Waals surface area (Å²) >= 11 is 0. The highest BCUT2D eigenvalue weighted by atomic mass is 16.5. The van der Waals surface area contributed by atoms with Crippen molar-refractivity contribution in [2.45, 2.75) is 45.1 Å². The molecular formula is C23H26O3. The lowest BCUT2D eigenvalue weighted by atomic mass is 9.99. The number of rotatable bonds is 8. The molecule has 0 saturated heterocycles. The molecule has 136 valence electrons. The molecule has 0 aliphatic carbocycles. The molecule has 0 N–H and O–H groups in total. The van der Waals surface area contributed by atoms with Crippen molar-refractivity contribution in [3.05, 3.63) is 71.3 Å². The number of ether oxygens (including phenoxy) is 2. The normalized spacial score (nSPS) is 15.7. The second-order valence-corrected chi connectivity index (χ2v) is 6.58. The zero-order chi connectivity index (χ0) is 18.2. The van der Waals surface area contributed by atoms with Crippen LogP contribution in [0.2, 0.25) is 0 Å². The first-order valence-electron chi connectivity index (χ1n) is 9.43. The SMILES string of the molecule is CCOC(=O)/C=C/c1cccc2c1C[C@@H](CCCCc1ccccc1)O2. The quantitative estimate of drug-likeness (QED) is 0.383. The van der Waals surface area contributed by atoms with Crippen LogP contribution in [-0.4, -0.2) is 18.7 Å². The molecule has 1 aliphatic rings. The molecule has 26 heavy (non-hydrogen) atoms. The zero-order valence-corrected chi connectivity index (χ0v) is 15.3. The second kappa shape index (κ2) is 9.23. The monoisotopic (exact) mass is 350 g/mol. The Balaban J connectivity index is 1.50. The fourth-order valence-electron chi connectivity index (χ4n) is 3.37. The summed E-state index contributed by atoms with van der Waals surface area (Å²) in [5, 5.41) is 0. The third kappa shape index (κ3) is 4.98. The minimum absolute atomic E-state index is 0.234. The van der Waals surface area contributed by atoms with Crippen LogP contribution < -0.4 is 4.74 Å². The molecule has 3 rings (SSSR count). The third-order valence-electron chi connectivity index (χ3n) is 4.66. The topological polar surface area (TPSA) is 35.5 Å². The number of aryl methyl sites for hydroxylation is 1. The Bertz CT molecular complexity index is 749. The van der Waals surface area contributed by atoms with E-state index in [1.165, 1.54) is 23.6 Å². The van der Waals surface area contributed by atoms with Crippen molar-refractivity contribution in [1.29, 1.82) is 0 Å². The first-order valence-corrected chi connectivity index (χ1v) is 9.43. The standard InChI is InChI=1S/C23H26O3/c1-2-25-23(24)16-15-19-12-8-14-22-21(19)17-20(26-22)13-7-6-11-18-9-4-3-5-10-18/h3-5,8-10,12,14-16,20H,2,6-7,11,13,17H2,1H3/b16-15+/t20-/m1/s1. The highest BCUT2D eigenvalue weighted by Gasteiger charge is 2.24. The molecule has 2 aromatic carbocycles. The van der Waals surface area contributed by atoms with Gasteiger partial charge in [-0.05, 0) is 55.9 Å². The van der Waals surface area contributed by atoms with Crippen molar-refractivity contribution < 1.29 is 14.3 Å². The predicted molar refractivity (Wildman–Crippen MR) is 104 cm³/mol. The average molecular weight is 350 g/mol. The molecule has 0 unspecified atom stereocenters. The number of unbranched alkanes of at least 4 members (excludes halogenated alkanes) is 1. The Morgan fingerprint density at radius 3 is 2.81 bits per heavy atom. The zero-order valence-electron chi connectivity index (χ0n) is 15.3. The molecule has 0 saturated carbocycles. The van der Waals surface area contributed by atoms with Crippen molar-refractivity contribution in [3.8, 4) is 5.75 Å². The maximum absolute atomic E-state index is 11.5. The molecule has 1 atom stereocenters. The molecule has 0 aromatic heterocycles. The van der Waals surface area contributed by atoms with Gasteiger partial charge >= 0.3 is 5.97 Å².